The third kappa shape index (κ3) is 1.88. The highest BCUT2D eigenvalue weighted by molar-refractivity contribution is 7.10. The van der Waals surface area contributed by atoms with Gasteiger partial charge in [0, 0.05) is 11.4 Å². The molecule has 0 saturated carbocycles. The maximum atomic E-state index is 6.14. The van der Waals surface area contributed by atoms with Crippen molar-refractivity contribution >= 4 is 22.9 Å². The summed E-state index contributed by atoms with van der Waals surface area (Å²) in [6, 6.07) is 4.19. The Hall–Kier alpha value is -0.840. The van der Waals surface area contributed by atoms with E-state index in [0.717, 1.165) is 16.4 Å². The van der Waals surface area contributed by atoms with Crippen LogP contribution in [-0.2, 0) is 0 Å². The molecule has 2 rings (SSSR count). The van der Waals surface area contributed by atoms with Crippen LogP contribution >= 0.6 is 22.9 Å². The predicted octanol–water partition coefficient (Wildman–Crippen LogP) is 2.76. The Morgan fingerprint density at radius 1 is 1.56 bits per heavy atom. The van der Waals surface area contributed by atoms with Gasteiger partial charge in [-0.15, -0.1) is 11.3 Å². The number of halogens is 1. The molecule has 16 heavy (non-hydrogen) atoms. The van der Waals surface area contributed by atoms with Gasteiger partial charge in [0.05, 0.1) is 22.5 Å². The summed E-state index contributed by atoms with van der Waals surface area (Å²) in [4.78, 5) is 1.21. The van der Waals surface area contributed by atoms with Gasteiger partial charge >= 0.3 is 0 Å². The topological polar surface area (TPSA) is 43.8 Å². The minimum atomic E-state index is 0.0891. The van der Waals surface area contributed by atoms with Crippen molar-refractivity contribution < 1.29 is 0 Å². The number of thiophene rings is 1. The summed E-state index contributed by atoms with van der Waals surface area (Å²) in [5.41, 5.74) is 7.66. The fourth-order valence-corrected chi connectivity index (χ4v) is 2.71. The summed E-state index contributed by atoms with van der Waals surface area (Å²) in [5, 5.41) is 7.23. The number of hydrogen-bond donors (Lipinski definition) is 1. The number of aromatic nitrogens is 2. The number of nitrogens with two attached hydrogens (primary N) is 1. The molecule has 2 aromatic heterocycles. The van der Waals surface area contributed by atoms with E-state index in [4.69, 9.17) is 17.3 Å². The average molecular weight is 256 g/mol. The first-order valence-electron chi connectivity index (χ1n) is 5.09. The molecule has 0 aromatic carbocycles. The SMILES string of the molecule is Cc1nn(C(CN)c2cccs2)c(C)c1Cl. The molecular formula is C11H14ClN3S. The Bertz CT molecular complexity index is 476. The fourth-order valence-electron chi connectivity index (χ4n) is 1.76. The van der Waals surface area contributed by atoms with Crippen LogP contribution in [0.4, 0.5) is 0 Å². The van der Waals surface area contributed by atoms with Crippen molar-refractivity contribution in [2.75, 3.05) is 6.54 Å². The highest BCUT2D eigenvalue weighted by Gasteiger charge is 2.18. The highest BCUT2D eigenvalue weighted by Crippen LogP contribution is 2.27. The average Bonchev–Trinajstić information content (AvgIpc) is 2.86. The number of nitrogens with zero attached hydrogens (tertiary/aromatic N) is 2. The van der Waals surface area contributed by atoms with Crippen molar-refractivity contribution in [2.45, 2.75) is 19.9 Å². The summed E-state index contributed by atoms with van der Waals surface area (Å²) in [6.45, 7) is 4.41. The molecule has 0 amide bonds. The van der Waals surface area contributed by atoms with Crippen LogP contribution in [0.25, 0.3) is 0 Å². The van der Waals surface area contributed by atoms with Crippen LogP contribution < -0.4 is 5.73 Å². The molecule has 1 atom stereocenters. The van der Waals surface area contributed by atoms with Crippen LogP contribution in [0.3, 0.4) is 0 Å². The lowest BCUT2D eigenvalue weighted by atomic mass is 10.2. The Morgan fingerprint density at radius 3 is 2.75 bits per heavy atom. The highest BCUT2D eigenvalue weighted by atomic mass is 35.5. The van der Waals surface area contributed by atoms with E-state index in [1.165, 1.54) is 4.88 Å². The fraction of sp³-hybridized carbons (Fsp3) is 0.364. The third-order valence-electron chi connectivity index (χ3n) is 2.63. The Morgan fingerprint density at radius 2 is 2.31 bits per heavy atom. The maximum Gasteiger partial charge on any atom is 0.0985 e. The van der Waals surface area contributed by atoms with Crippen LogP contribution in [0.5, 0.6) is 0 Å². The monoisotopic (exact) mass is 255 g/mol. The summed E-state index contributed by atoms with van der Waals surface area (Å²) < 4.78 is 1.92. The van der Waals surface area contributed by atoms with E-state index in [2.05, 4.69) is 11.2 Å². The molecular weight excluding hydrogens is 242 g/mol. The minimum Gasteiger partial charge on any atom is -0.328 e. The molecule has 0 radical (unpaired) electrons. The Balaban J connectivity index is 2.45. The number of hydrogen-bond acceptors (Lipinski definition) is 3. The zero-order valence-electron chi connectivity index (χ0n) is 9.27. The normalized spacial score (nSPS) is 13.0. The molecule has 0 spiro atoms. The van der Waals surface area contributed by atoms with E-state index in [9.17, 15) is 0 Å². The predicted molar refractivity (Wildman–Crippen MR) is 68.2 cm³/mol. The molecule has 2 heterocycles. The number of aryl methyl sites for hydroxylation is 1. The quantitative estimate of drug-likeness (QED) is 0.917. The second-order valence-electron chi connectivity index (χ2n) is 3.70. The summed E-state index contributed by atoms with van der Waals surface area (Å²) in [5.74, 6) is 0. The van der Waals surface area contributed by atoms with Gasteiger partial charge in [-0.1, -0.05) is 17.7 Å². The van der Waals surface area contributed by atoms with Gasteiger partial charge in [-0.05, 0) is 25.3 Å². The maximum absolute atomic E-state index is 6.14. The number of rotatable bonds is 3. The van der Waals surface area contributed by atoms with E-state index in [1.807, 2.05) is 30.0 Å². The van der Waals surface area contributed by atoms with Crippen LogP contribution in [0.15, 0.2) is 17.5 Å². The molecule has 3 nitrogen and oxygen atoms in total. The van der Waals surface area contributed by atoms with Crippen molar-refractivity contribution in [3.63, 3.8) is 0 Å². The van der Waals surface area contributed by atoms with Gasteiger partial charge in [0.25, 0.3) is 0 Å². The van der Waals surface area contributed by atoms with E-state index in [1.54, 1.807) is 11.3 Å². The first-order valence-corrected chi connectivity index (χ1v) is 6.35. The van der Waals surface area contributed by atoms with Crippen LogP contribution in [-0.4, -0.2) is 16.3 Å². The van der Waals surface area contributed by atoms with Gasteiger partial charge < -0.3 is 5.73 Å². The molecule has 0 saturated heterocycles. The van der Waals surface area contributed by atoms with E-state index in [0.29, 0.717) is 6.54 Å². The molecule has 86 valence electrons. The second kappa shape index (κ2) is 4.57. The minimum absolute atomic E-state index is 0.0891. The van der Waals surface area contributed by atoms with E-state index < -0.39 is 0 Å². The van der Waals surface area contributed by atoms with Crippen molar-refractivity contribution in [1.82, 2.24) is 9.78 Å². The van der Waals surface area contributed by atoms with E-state index in [-0.39, 0.29) is 6.04 Å². The molecule has 1 unspecified atom stereocenters. The van der Waals surface area contributed by atoms with Crippen molar-refractivity contribution in [3.05, 3.63) is 38.8 Å². The molecule has 0 aliphatic heterocycles. The molecule has 0 fully saturated rings. The largest absolute Gasteiger partial charge is 0.328 e. The molecule has 5 heteroatoms. The van der Waals surface area contributed by atoms with Crippen LogP contribution in [0.2, 0.25) is 5.02 Å². The standard InChI is InChI=1S/C11H14ClN3S/c1-7-11(12)8(2)15(14-7)9(6-13)10-4-3-5-16-10/h3-5,9H,6,13H2,1-2H3. The molecule has 2 N–H and O–H groups in total. The van der Waals surface area contributed by atoms with Crippen molar-refractivity contribution in [1.29, 1.82) is 0 Å². The lowest BCUT2D eigenvalue weighted by Crippen LogP contribution is -2.21. The Labute approximate surface area is 104 Å². The van der Waals surface area contributed by atoms with E-state index >= 15 is 0 Å². The molecule has 0 aliphatic carbocycles. The zero-order valence-corrected chi connectivity index (χ0v) is 10.8. The summed E-state index contributed by atoms with van der Waals surface area (Å²) >= 11 is 7.83. The second-order valence-corrected chi connectivity index (χ2v) is 5.05. The third-order valence-corrected chi connectivity index (χ3v) is 4.15. The van der Waals surface area contributed by atoms with Gasteiger partial charge in [0.15, 0.2) is 0 Å². The van der Waals surface area contributed by atoms with Crippen molar-refractivity contribution in [2.24, 2.45) is 5.73 Å². The first kappa shape index (κ1) is 11.6. The Kier molecular flexibility index (Phi) is 3.33. The smallest absolute Gasteiger partial charge is 0.0985 e. The lowest BCUT2D eigenvalue weighted by Gasteiger charge is -2.15. The summed E-state index contributed by atoms with van der Waals surface area (Å²) in [6.07, 6.45) is 0. The van der Waals surface area contributed by atoms with Gasteiger partial charge in [0.2, 0.25) is 0 Å². The summed E-state index contributed by atoms with van der Waals surface area (Å²) in [7, 11) is 0. The van der Waals surface area contributed by atoms with Crippen molar-refractivity contribution in [3.8, 4) is 0 Å². The van der Waals surface area contributed by atoms with Gasteiger partial charge in [-0.25, -0.2) is 0 Å². The first-order chi connectivity index (χ1) is 7.65. The zero-order chi connectivity index (χ0) is 11.7. The van der Waals surface area contributed by atoms with Crippen LogP contribution in [0, 0.1) is 13.8 Å². The lowest BCUT2D eigenvalue weighted by molar-refractivity contribution is 0.524. The van der Waals surface area contributed by atoms with Gasteiger partial charge in [-0.3, -0.25) is 4.68 Å². The van der Waals surface area contributed by atoms with Gasteiger partial charge in [-0.2, -0.15) is 5.10 Å². The molecule has 0 aliphatic rings. The molecule has 0 bridgehead atoms. The molecule has 2 aromatic rings. The van der Waals surface area contributed by atoms with Gasteiger partial charge in [0.1, 0.15) is 0 Å². The van der Waals surface area contributed by atoms with Crippen LogP contribution in [0.1, 0.15) is 22.3 Å².